The van der Waals surface area contributed by atoms with Crippen LogP contribution in [-0.2, 0) is 4.79 Å². The molecule has 1 aliphatic rings. The molecule has 0 saturated carbocycles. The molecule has 0 spiro atoms. The summed E-state index contributed by atoms with van der Waals surface area (Å²) in [4.78, 5) is 23.7. The van der Waals surface area contributed by atoms with Gasteiger partial charge < -0.3 is 4.74 Å². The summed E-state index contributed by atoms with van der Waals surface area (Å²) in [5.41, 5.74) is 4.59. The second-order valence-corrected chi connectivity index (χ2v) is 7.37. The maximum atomic E-state index is 12.9. The lowest BCUT2D eigenvalue weighted by Crippen LogP contribution is -2.35. The van der Waals surface area contributed by atoms with Gasteiger partial charge in [0.15, 0.2) is 0 Å². The first kappa shape index (κ1) is 19.1. The fourth-order valence-corrected chi connectivity index (χ4v) is 4.05. The predicted molar refractivity (Wildman–Crippen MR) is 111 cm³/mol. The second kappa shape index (κ2) is 7.31. The van der Waals surface area contributed by atoms with Crippen molar-refractivity contribution in [2.75, 3.05) is 18.6 Å². The normalized spacial score (nSPS) is 16.1. The summed E-state index contributed by atoms with van der Waals surface area (Å²) >= 11 is 0. The van der Waals surface area contributed by atoms with E-state index in [1.165, 1.54) is 0 Å². The van der Waals surface area contributed by atoms with Crippen LogP contribution < -0.4 is 9.64 Å². The molecule has 1 amide bonds. The molecule has 1 aromatic carbocycles. The van der Waals surface area contributed by atoms with Crippen molar-refractivity contribution in [3.63, 3.8) is 0 Å². The number of amides is 1. The van der Waals surface area contributed by atoms with Gasteiger partial charge in [0.05, 0.1) is 12.3 Å². The van der Waals surface area contributed by atoms with E-state index in [2.05, 4.69) is 9.97 Å². The molecule has 0 saturated heterocycles. The second-order valence-electron chi connectivity index (χ2n) is 7.37. The number of hydrogen-bond donors (Lipinski definition) is 0. The number of aromatic nitrogens is 4. The standard InChI is InChI=1S/C22H25N5O2/c1-6-29-18-10-8-7-9-16(18)17-12-19(28)26(5)21-20(17)15(4)25-27(21)22-23-13(2)11-14(3)24-22/h7-11,17H,6,12H2,1-5H3/t17-/m1/s1. The largest absolute Gasteiger partial charge is 0.494 e. The number of aryl methyl sites for hydroxylation is 3. The van der Waals surface area contributed by atoms with E-state index in [1.54, 1.807) is 16.6 Å². The van der Waals surface area contributed by atoms with E-state index in [9.17, 15) is 4.79 Å². The quantitative estimate of drug-likeness (QED) is 0.681. The minimum atomic E-state index is -0.129. The van der Waals surface area contributed by atoms with Crippen LogP contribution in [0.25, 0.3) is 5.95 Å². The molecular formula is C22H25N5O2. The molecule has 0 aliphatic carbocycles. The summed E-state index contributed by atoms with van der Waals surface area (Å²) in [6, 6.07) is 9.83. The Morgan fingerprint density at radius 2 is 1.83 bits per heavy atom. The van der Waals surface area contributed by atoms with Gasteiger partial charge in [-0.3, -0.25) is 9.69 Å². The zero-order valence-corrected chi connectivity index (χ0v) is 17.4. The van der Waals surface area contributed by atoms with E-state index in [4.69, 9.17) is 9.84 Å². The topological polar surface area (TPSA) is 73.1 Å². The average Bonchev–Trinajstić information content (AvgIpc) is 3.02. The van der Waals surface area contributed by atoms with Gasteiger partial charge in [0, 0.05) is 41.9 Å². The van der Waals surface area contributed by atoms with Gasteiger partial charge in [-0.05, 0) is 39.8 Å². The van der Waals surface area contributed by atoms with Crippen molar-refractivity contribution in [3.8, 4) is 11.7 Å². The number of ether oxygens (including phenoxy) is 1. The van der Waals surface area contributed by atoms with Crippen molar-refractivity contribution in [1.29, 1.82) is 0 Å². The molecule has 0 fully saturated rings. The van der Waals surface area contributed by atoms with Crippen LogP contribution in [-0.4, -0.2) is 39.3 Å². The summed E-state index contributed by atoms with van der Waals surface area (Å²) in [5.74, 6) is 1.90. The number of para-hydroxylation sites is 1. The highest BCUT2D eigenvalue weighted by Gasteiger charge is 2.37. The van der Waals surface area contributed by atoms with Crippen LogP contribution >= 0.6 is 0 Å². The molecule has 1 aliphatic heterocycles. The molecular weight excluding hydrogens is 366 g/mol. The molecule has 4 rings (SSSR count). The first-order valence-electron chi connectivity index (χ1n) is 9.81. The molecule has 3 heterocycles. The van der Waals surface area contributed by atoms with E-state index in [0.717, 1.165) is 39.8 Å². The number of anilines is 1. The van der Waals surface area contributed by atoms with Gasteiger partial charge in [-0.1, -0.05) is 18.2 Å². The molecule has 2 aromatic heterocycles. The Labute approximate surface area is 170 Å². The van der Waals surface area contributed by atoms with E-state index in [-0.39, 0.29) is 11.8 Å². The highest BCUT2D eigenvalue weighted by Crippen LogP contribution is 2.44. The van der Waals surface area contributed by atoms with Crippen molar-refractivity contribution in [2.45, 2.75) is 40.0 Å². The minimum absolute atomic E-state index is 0.0272. The van der Waals surface area contributed by atoms with Gasteiger partial charge in [-0.15, -0.1) is 0 Å². The number of rotatable bonds is 4. The molecule has 1 atom stereocenters. The molecule has 0 bridgehead atoms. The Balaban J connectivity index is 1.93. The van der Waals surface area contributed by atoms with Crippen molar-refractivity contribution >= 4 is 11.7 Å². The third-order valence-electron chi connectivity index (χ3n) is 5.25. The zero-order valence-electron chi connectivity index (χ0n) is 17.4. The summed E-state index contributed by atoms with van der Waals surface area (Å²) in [6.07, 6.45) is 0.369. The van der Waals surface area contributed by atoms with Crippen molar-refractivity contribution in [1.82, 2.24) is 19.7 Å². The van der Waals surface area contributed by atoms with Gasteiger partial charge in [0.2, 0.25) is 5.91 Å². The highest BCUT2D eigenvalue weighted by atomic mass is 16.5. The van der Waals surface area contributed by atoms with E-state index in [0.29, 0.717) is 19.0 Å². The van der Waals surface area contributed by atoms with Gasteiger partial charge in [-0.2, -0.15) is 9.78 Å². The van der Waals surface area contributed by atoms with Crippen LogP contribution in [0.5, 0.6) is 5.75 Å². The number of carbonyl (C=O) groups excluding carboxylic acids is 1. The molecule has 0 unspecified atom stereocenters. The lowest BCUT2D eigenvalue weighted by Gasteiger charge is -2.31. The molecule has 7 heteroatoms. The van der Waals surface area contributed by atoms with Crippen LogP contribution in [0.1, 0.15) is 47.5 Å². The first-order chi connectivity index (χ1) is 13.9. The van der Waals surface area contributed by atoms with Crippen LogP contribution in [0.3, 0.4) is 0 Å². The fraction of sp³-hybridized carbons (Fsp3) is 0.364. The highest BCUT2D eigenvalue weighted by molar-refractivity contribution is 5.97. The Hall–Kier alpha value is -3.22. The smallest absolute Gasteiger partial charge is 0.252 e. The predicted octanol–water partition coefficient (Wildman–Crippen LogP) is 3.48. The third-order valence-corrected chi connectivity index (χ3v) is 5.25. The lowest BCUT2D eigenvalue weighted by molar-refractivity contribution is -0.118. The minimum Gasteiger partial charge on any atom is -0.494 e. The molecule has 0 N–H and O–H groups in total. The Morgan fingerprint density at radius 3 is 2.52 bits per heavy atom. The summed E-state index contributed by atoms with van der Waals surface area (Å²) in [6.45, 7) is 8.35. The fourth-order valence-electron chi connectivity index (χ4n) is 4.05. The van der Waals surface area contributed by atoms with Crippen LogP contribution in [0.2, 0.25) is 0 Å². The van der Waals surface area contributed by atoms with E-state index < -0.39 is 0 Å². The van der Waals surface area contributed by atoms with Crippen molar-refractivity contribution in [2.24, 2.45) is 0 Å². The van der Waals surface area contributed by atoms with E-state index in [1.807, 2.05) is 58.0 Å². The summed E-state index contributed by atoms with van der Waals surface area (Å²) < 4.78 is 7.55. The van der Waals surface area contributed by atoms with E-state index >= 15 is 0 Å². The monoisotopic (exact) mass is 391 g/mol. The lowest BCUT2D eigenvalue weighted by atomic mass is 9.84. The number of carbonyl (C=O) groups is 1. The molecule has 7 nitrogen and oxygen atoms in total. The Morgan fingerprint density at radius 1 is 1.14 bits per heavy atom. The zero-order chi connectivity index (χ0) is 20.7. The first-order valence-corrected chi connectivity index (χ1v) is 9.81. The number of fused-ring (bicyclic) bond motifs is 1. The summed E-state index contributed by atoms with van der Waals surface area (Å²) in [7, 11) is 1.78. The van der Waals surface area contributed by atoms with Gasteiger partial charge in [0.1, 0.15) is 11.6 Å². The maximum Gasteiger partial charge on any atom is 0.252 e. The maximum absolute atomic E-state index is 12.9. The van der Waals surface area contributed by atoms with Crippen LogP contribution in [0.15, 0.2) is 30.3 Å². The van der Waals surface area contributed by atoms with Gasteiger partial charge in [-0.25, -0.2) is 9.97 Å². The number of benzene rings is 1. The van der Waals surface area contributed by atoms with Crippen LogP contribution in [0.4, 0.5) is 5.82 Å². The van der Waals surface area contributed by atoms with Gasteiger partial charge in [0.25, 0.3) is 5.95 Å². The number of nitrogens with zero attached hydrogens (tertiary/aromatic N) is 5. The Kier molecular flexibility index (Phi) is 4.82. The molecule has 3 aromatic rings. The molecule has 29 heavy (non-hydrogen) atoms. The molecule has 0 radical (unpaired) electrons. The Bertz CT molecular complexity index is 1070. The van der Waals surface area contributed by atoms with Crippen molar-refractivity contribution in [3.05, 3.63) is 58.5 Å². The summed E-state index contributed by atoms with van der Waals surface area (Å²) in [5, 5.41) is 4.74. The average molecular weight is 391 g/mol. The van der Waals surface area contributed by atoms with Gasteiger partial charge >= 0.3 is 0 Å². The SMILES string of the molecule is CCOc1ccccc1[C@H]1CC(=O)N(C)c2c1c(C)nn2-c1nc(C)cc(C)n1. The number of hydrogen-bond acceptors (Lipinski definition) is 5. The van der Waals surface area contributed by atoms with Crippen LogP contribution in [0, 0.1) is 20.8 Å². The third kappa shape index (κ3) is 3.26. The van der Waals surface area contributed by atoms with Crippen molar-refractivity contribution < 1.29 is 9.53 Å². The molecule has 150 valence electrons.